The number of methoxy groups -OCH3 is 10. The first-order valence-electron chi connectivity index (χ1n) is 22.9. The van der Waals surface area contributed by atoms with Crippen molar-refractivity contribution in [3.63, 3.8) is 0 Å². The highest BCUT2D eigenvalue weighted by molar-refractivity contribution is 5.98. The van der Waals surface area contributed by atoms with Crippen molar-refractivity contribution in [2.75, 3.05) is 125 Å². The molecule has 4 aromatic carbocycles. The molecule has 4 unspecified atom stereocenters. The number of carbonyl (C=O) groups is 2. The maximum absolute atomic E-state index is 12.8. The van der Waals surface area contributed by atoms with Crippen molar-refractivity contribution < 1.29 is 75.4 Å². The zero-order valence-electron chi connectivity index (χ0n) is 42.2. The van der Waals surface area contributed by atoms with E-state index in [9.17, 15) is 9.59 Å². The number of benzene rings is 4. The summed E-state index contributed by atoms with van der Waals surface area (Å²) in [6.07, 6.45) is 3.21. The minimum absolute atomic E-state index is 0.0746. The van der Waals surface area contributed by atoms with Crippen LogP contribution in [-0.4, -0.2) is 145 Å². The Kier molecular flexibility index (Phi) is 17.3. The lowest BCUT2D eigenvalue weighted by Gasteiger charge is -2.46. The molecule has 0 fully saturated rings. The number of esters is 2. The zero-order chi connectivity index (χ0) is 49.9. The molecule has 16 heteroatoms. The molecule has 0 aromatic heterocycles. The second kappa shape index (κ2) is 23.1. The maximum Gasteiger partial charge on any atom is 0.384 e. The van der Waals surface area contributed by atoms with Crippen molar-refractivity contribution in [1.82, 2.24) is 0 Å². The molecule has 0 amide bonds. The van der Waals surface area contributed by atoms with Crippen LogP contribution in [-0.2, 0) is 38.3 Å². The summed E-state index contributed by atoms with van der Waals surface area (Å²) in [7, 11) is 20.5. The highest BCUT2D eigenvalue weighted by atomic mass is 16.6. The van der Waals surface area contributed by atoms with Gasteiger partial charge in [0.05, 0.1) is 136 Å². The van der Waals surface area contributed by atoms with E-state index in [0.29, 0.717) is 98.8 Å². The molecule has 0 N–H and O–H groups in total. The Balaban J connectivity index is 1.10. The third kappa shape index (κ3) is 11.0. The minimum atomic E-state index is -0.808. The molecular formula is C53H68N2O14+2. The van der Waals surface area contributed by atoms with Crippen molar-refractivity contribution >= 4 is 11.9 Å². The van der Waals surface area contributed by atoms with E-state index in [-0.39, 0.29) is 25.3 Å². The lowest BCUT2D eigenvalue weighted by molar-refractivity contribution is -0.941. The summed E-state index contributed by atoms with van der Waals surface area (Å²) in [5.74, 6) is 8.98. The molecular weight excluding hydrogens is 889 g/mol. The number of carbonyl (C=O) groups excluding carboxylic acids is 2. The van der Waals surface area contributed by atoms with Crippen molar-refractivity contribution in [2.45, 2.75) is 44.2 Å². The molecule has 0 aliphatic carbocycles. The summed E-state index contributed by atoms with van der Waals surface area (Å²) in [5.41, 5.74) is 6.25. The fourth-order valence-electron chi connectivity index (χ4n) is 10.2. The van der Waals surface area contributed by atoms with Crippen LogP contribution >= 0.6 is 0 Å². The Hall–Kier alpha value is -6.70. The third-order valence-electron chi connectivity index (χ3n) is 13.6. The number of likely N-dealkylation sites (N-methyl/N-ethyl adjacent to an activating group) is 2. The van der Waals surface area contributed by atoms with E-state index in [1.165, 1.54) is 0 Å². The summed E-state index contributed by atoms with van der Waals surface area (Å²) in [6, 6.07) is 15.6. The van der Waals surface area contributed by atoms with Crippen molar-refractivity contribution in [3.8, 4) is 69.3 Å². The molecule has 0 radical (unpaired) electrons. The van der Waals surface area contributed by atoms with Gasteiger partial charge in [0, 0.05) is 49.5 Å². The Labute approximate surface area is 406 Å². The quantitative estimate of drug-likeness (QED) is 0.0287. The Bertz CT molecular complexity index is 2530. The van der Waals surface area contributed by atoms with Crippen molar-refractivity contribution in [1.29, 1.82) is 0 Å². The molecule has 4 atom stereocenters. The third-order valence-corrected chi connectivity index (χ3v) is 13.6. The van der Waals surface area contributed by atoms with Crippen LogP contribution in [0.4, 0.5) is 0 Å². The highest BCUT2D eigenvalue weighted by Gasteiger charge is 2.45. The first-order valence-corrected chi connectivity index (χ1v) is 22.9. The lowest BCUT2D eigenvalue weighted by Crippen LogP contribution is -2.52. The number of hydrogen-bond acceptors (Lipinski definition) is 14. The smallest absolute Gasteiger partial charge is 0.384 e. The summed E-state index contributed by atoms with van der Waals surface area (Å²) >= 11 is 0. The predicted octanol–water partition coefficient (Wildman–Crippen LogP) is 6.72. The summed E-state index contributed by atoms with van der Waals surface area (Å²) in [4.78, 5) is 25.7. The number of ether oxygens (including phenoxy) is 12. The Morgan fingerprint density at radius 3 is 1.46 bits per heavy atom. The molecule has 2 aliphatic heterocycles. The van der Waals surface area contributed by atoms with Gasteiger partial charge in [0.15, 0.2) is 46.0 Å². The number of quaternary nitrogens is 2. The molecule has 69 heavy (non-hydrogen) atoms. The van der Waals surface area contributed by atoms with Gasteiger partial charge in [0.1, 0.15) is 12.1 Å². The zero-order valence-corrected chi connectivity index (χ0v) is 42.2. The average molecular weight is 957 g/mol. The van der Waals surface area contributed by atoms with Crippen LogP contribution in [0.15, 0.2) is 48.5 Å². The average Bonchev–Trinajstić information content (AvgIpc) is 3.37. The molecule has 6 rings (SSSR count). The van der Waals surface area contributed by atoms with Crippen LogP contribution in [0.2, 0.25) is 0 Å². The predicted molar refractivity (Wildman–Crippen MR) is 258 cm³/mol. The van der Waals surface area contributed by atoms with Crippen molar-refractivity contribution in [2.24, 2.45) is 0 Å². The second-order valence-electron chi connectivity index (χ2n) is 17.4. The van der Waals surface area contributed by atoms with Crippen LogP contribution in [0.3, 0.4) is 0 Å². The van der Waals surface area contributed by atoms with Crippen LogP contribution in [0.5, 0.6) is 57.5 Å². The molecule has 4 aromatic rings. The van der Waals surface area contributed by atoms with E-state index in [1.54, 1.807) is 71.1 Å². The SMILES string of the molecule is COc1ccc(CC2c3c(cc(OC)c(OC)c3OC)CC[N+]2(C)CCCOC(=O)C#CC(=O)OCCC[N+]2(C)CCc3cc(OC)c(OC)c(OC)c3C2c2ccc(OC)c(OC)c2)cc1OC. The largest absolute Gasteiger partial charge is 0.493 e. The van der Waals surface area contributed by atoms with Gasteiger partial charge in [-0.3, -0.25) is 0 Å². The van der Waals surface area contributed by atoms with Gasteiger partial charge in [-0.15, -0.1) is 0 Å². The van der Waals surface area contributed by atoms with E-state index < -0.39 is 11.9 Å². The highest BCUT2D eigenvalue weighted by Crippen LogP contribution is 2.53. The number of rotatable bonds is 21. The topological polar surface area (TPSA) is 145 Å². The second-order valence-corrected chi connectivity index (χ2v) is 17.4. The first kappa shape index (κ1) is 51.7. The number of fused-ring (bicyclic) bond motifs is 2. The van der Waals surface area contributed by atoms with Crippen LogP contribution in [0.25, 0.3) is 0 Å². The van der Waals surface area contributed by atoms with Gasteiger partial charge in [-0.05, 0) is 59.2 Å². The molecule has 2 heterocycles. The van der Waals surface area contributed by atoms with E-state index in [2.05, 4.69) is 25.9 Å². The maximum atomic E-state index is 12.8. The molecule has 0 bridgehead atoms. The Morgan fingerprint density at radius 2 is 0.957 bits per heavy atom. The lowest BCUT2D eigenvalue weighted by atomic mass is 9.84. The van der Waals surface area contributed by atoms with Crippen LogP contribution in [0.1, 0.15) is 58.3 Å². The number of hydrogen-bond donors (Lipinski definition) is 0. The van der Waals surface area contributed by atoms with Crippen LogP contribution in [0, 0.1) is 11.8 Å². The molecule has 0 spiro atoms. The van der Waals surface area contributed by atoms with Gasteiger partial charge >= 0.3 is 11.9 Å². The summed E-state index contributed by atoms with van der Waals surface area (Å²) in [6.45, 7) is 3.08. The molecule has 0 saturated carbocycles. The molecule has 0 saturated heterocycles. The van der Waals surface area contributed by atoms with E-state index in [0.717, 1.165) is 59.3 Å². The Morgan fingerprint density at radius 1 is 0.507 bits per heavy atom. The van der Waals surface area contributed by atoms with Gasteiger partial charge in [0.2, 0.25) is 11.5 Å². The van der Waals surface area contributed by atoms with E-state index in [4.69, 9.17) is 56.8 Å². The monoisotopic (exact) mass is 956 g/mol. The van der Waals surface area contributed by atoms with Gasteiger partial charge in [-0.1, -0.05) is 6.07 Å². The fraction of sp³-hybridized carbons (Fsp3) is 0.472. The van der Waals surface area contributed by atoms with Crippen molar-refractivity contribution in [3.05, 3.63) is 81.9 Å². The first-order chi connectivity index (χ1) is 33.3. The molecule has 2 aliphatic rings. The van der Waals surface area contributed by atoms with Gasteiger partial charge in [0.25, 0.3) is 0 Å². The van der Waals surface area contributed by atoms with E-state index >= 15 is 0 Å². The molecule has 16 nitrogen and oxygen atoms in total. The van der Waals surface area contributed by atoms with Gasteiger partial charge in [-0.25, -0.2) is 9.59 Å². The van der Waals surface area contributed by atoms with E-state index in [1.807, 2.05) is 48.5 Å². The van der Waals surface area contributed by atoms with Crippen LogP contribution < -0.4 is 47.4 Å². The standard InChI is InChI=1S/C53H68N2O14/c1-54(25-21-35-31-43(62-7)50(64-9)52(66-11)47(35)38(54)29-34-15-17-39(58-3)41(30-34)60-5)23-13-27-68-45(56)19-20-46(57)69-28-14-24-55(2)26-22-36-32-44(63-8)51(65-10)53(67-12)48(36)49(55)37-16-18-40(59-4)42(33-37)61-6/h15-18,30-33,38,49H,13-14,21-29H2,1-12H3/q+2. The summed E-state index contributed by atoms with van der Waals surface area (Å²) in [5, 5.41) is 0. The fourth-order valence-corrected chi connectivity index (χ4v) is 10.2. The number of nitrogens with zero attached hydrogens (tertiary/aromatic N) is 2. The van der Waals surface area contributed by atoms with Gasteiger partial charge in [-0.2, -0.15) is 0 Å². The minimum Gasteiger partial charge on any atom is -0.493 e. The normalized spacial score (nSPS) is 19.0. The molecule has 372 valence electrons. The summed E-state index contributed by atoms with van der Waals surface area (Å²) < 4.78 is 69.8. The van der Waals surface area contributed by atoms with Gasteiger partial charge < -0.3 is 65.8 Å².